The Morgan fingerprint density at radius 2 is 1.71 bits per heavy atom. The second kappa shape index (κ2) is 12.1. The number of fused-ring (bicyclic) bond motifs is 3. The summed E-state index contributed by atoms with van der Waals surface area (Å²) in [6.07, 6.45) is -0.137. The van der Waals surface area contributed by atoms with Crippen molar-refractivity contribution in [3.63, 3.8) is 0 Å². The lowest BCUT2D eigenvalue weighted by Gasteiger charge is -2.33. The number of ether oxygens (including phenoxy) is 3. The van der Waals surface area contributed by atoms with E-state index >= 15 is 0 Å². The number of methoxy groups -OCH3 is 2. The highest BCUT2D eigenvalue weighted by molar-refractivity contribution is 6.31. The number of phenols is 2. The molecular weight excluding hydrogens is 536 g/mol. The van der Waals surface area contributed by atoms with Gasteiger partial charge in [-0.2, -0.15) is 0 Å². The third-order valence-electron chi connectivity index (χ3n) is 7.64. The number of phenolic OH excluding ortho intramolecular Hbond substituents is 2. The van der Waals surface area contributed by atoms with Gasteiger partial charge in [0.05, 0.1) is 29.9 Å². The van der Waals surface area contributed by atoms with Crippen molar-refractivity contribution in [1.82, 2.24) is 9.80 Å². The third-order valence-corrected chi connectivity index (χ3v) is 7.64. The molecule has 0 saturated carbocycles. The van der Waals surface area contributed by atoms with Crippen molar-refractivity contribution in [3.05, 3.63) is 51.6 Å². The minimum absolute atomic E-state index is 0.00641. The highest BCUT2D eigenvalue weighted by Crippen LogP contribution is 2.51. The molecule has 0 radical (unpaired) electrons. The first kappa shape index (κ1) is 29.7. The van der Waals surface area contributed by atoms with Crippen LogP contribution in [0.3, 0.4) is 0 Å². The van der Waals surface area contributed by atoms with Crippen molar-refractivity contribution in [1.29, 1.82) is 0 Å². The Bertz CT molecular complexity index is 1420. The number of ketones is 3. The van der Waals surface area contributed by atoms with E-state index in [4.69, 9.17) is 14.2 Å². The average molecular weight is 569 g/mol. The molecule has 218 valence electrons. The normalized spacial score (nSPS) is 17.3. The molecule has 2 atom stereocenters. The monoisotopic (exact) mass is 568 g/mol. The molecule has 0 aromatic heterocycles. The van der Waals surface area contributed by atoms with E-state index in [2.05, 4.69) is 0 Å². The summed E-state index contributed by atoms with van der Waals surface area (Å²) >= 11 is 0. The molecule has 12 nitrogen and oxygen atoms in total. The maximum Gasteiger partial charge on any atom is 0.248 e. The van der Waals surface area contributed by atoms with Crippen LogP contribution in [-0.4, -0.2) is 104 Å². The van der Waals surface area contributed by atoms with Crippen LogP contribution in [-0.2, 0) is 30.3 Å². The van der Waals surface area contributed by atoms with Gasteiger partial charge < -0.3 is 34.2 Å². The van der Waals surface area contributed by atoms with Gasteiger partial charge in [0.1, 0.15) is 30.5 Å². The third kappa shape index (κ3) is 5.40. The van der Waals surface area contributed by atoms with Crippen molar-refractivity contribution in [3.8, 4) is 17.2 Å². The molecule has 2 aliphatic carbocycles. The lowest BCUT2D eigenvalue weighted by Crippen LogP contribution is -2.37. The largest absolute Gasteiger partial charge is 0.507 e. The molecule has 2 aliphatic rings. The van der Waals surface area contributed by atoms with Crippen LogP contribution in [0, 0.1) is 5.92 Å². The molecule has 2 amide bonds. The van der Waals surface area contributed by atoms with E-state index in [0.29, 0.717) is 19.5 Å². The van der Waals surface area contributed by atoms with Gasteiger partial charge in [0.25, 0.3) is 0 Å². The molecule has 0 fully saturated rings. The van der Waals surface area contributed by atoms with Crippen LogP contribution in [0.5, 0.6) is 17.2 Å². The summed E-state index contributed by atoms with van der Waals surface area (Å²) in [7, 11) is 5.88. The molecule has 0 spiro atoms. The first-order valence-electron chi connectivity index (χ1n) is 12.9. The lowest BCUT2D eigenvalue weighted by atomic mass is 9.73. The van der Waals surface area contributed by atoms with Gasteiger partial charge in [0, 0.05) is 56.9 Å². The van der Waals surface area contributed by atoms with E-state index in [1.54, 1.807) is 20.2 Å². The topological polar surface area (TPSA) is 160 Å². The van der Waals surface area contributed by atoms with Gasteiger partial charge in [-0.1, -0.05) is 12.1 Å². The molecule has 0 saturated heterocycles. The Hall–Kier alpha value is -4.29. The summed E-state index contributed by atoms with van der Waals surface area (Å²) in [5.74, 6) is -3.57. The summed E-state index contributed by atoms with van der Waals surface area (Å²) in [6.45, 7) is -0.0840. The molecule has 12 heteroatoms. The summed E-state index contributed by atoms with van der Waals surface area (Å²) in [6, 6.07) is 4.52. The van der Waals surface area contributed by atoms with Crippen LogP contribution in [0.1, 0.15) is 55.5 Å². The standard InChI is InChI=1S/C29H32N2O10/c1-30(14-32)8-9-31(2)21(34)13-41-12-18(33)15-10-17-23(20(11-15)40-4)29(38)25-24(27(17)36)26(35)16-6-5-7-19(39-3)22(16)28(25)37/h5-7,14-15,20,36,38H,8-13H2,1-4H3/t15-,20?/m1/s1. The number of amides is 2. The zero-order valence-electron chi connectivity index (χ0n) is 23.3. The van der Waals surface area contributed by atoms with Crippen molar-refractivity contribution in [2.45, 2.75) is 18.9 Å². The minimum atomic E-state index is -0.867. The number of Topliss-reactive ketones (excluding diaryl/α,β-unsaturated/α-hetero) is 1. The second-order valence-electron chi connectivity index (χ2n) is 10.1. The van der Waals surface area contributed by atoms with E-state index in [-0.39, 0.29) is 76.9 Å². The molecule has 0 aliphatic heterocycles. The smallest absolute Gasteiger partial charge is 0.248 e. The molecule has 1 unspecified atom stereocenters. The fourth-order valence-electron chi connectivity index (χ4n) is 5.29. The van der Waals surface area contributed by atoms with E-state index in [1.165, 1.54) is 36.2 Å². The number of benzene rings is 2. The molecule has 2 aromatic rings. The van der Waals surface area contributed by atoms with Crippen LogP contribution in [0.15, 0.2) is 18.2 Å². The first-order chi connectivity index (χ1) is 19.5. The summed E-state index contributed by atoms with van der Waals surface area (Å²) in [4.78, 5) is 65.8. The van der Waals surface area contributed by atoms with Crippen molar-refractivity contribution in [2.24, 2.45) is 5.92 Å². The molecule has 0 bridgehead atoms. The van der Waals surface area contributed by atoms with E-state index in [9.17, 15) is 34.2 Å². The molecule has 41 heavy (non-hydrogen) atoms. The van der Waals surface area contributed by atoms with Crippen LogP contribution >= 0.6 is 0 Å². The minimum Gasteiger partial charge on any atom is -0.507 e. The van der Waals surface area contributed by atoms with Crippen LogP contribution < -0.4 is 4.74 Å². The highest BCUT2D eigenvalue weighted by Gasteiger charge is 2.43. The Kier molecular flexibility index (Phi) is 8.74. The molecule has 2 N–H and O–H groups in total. The van der Waals surface area contributed by atoms with Gasteiger partial charge in [0.2, 0.25) is 18.1 Å². The number of likely N-dealkylation sites (N-methyl/N-ethyl adjacent to an activating group) is 2. The van der Waals surface area contributed by atoms with Crippen molar-refractivity contribution >= 4 is 29.7 Å². The molecule has 2 aromatic carbocycles. The molecule has 0 heterocycles. The number of hydrogen-bond acceptors (Lipinski definition) is 10. The van der Waals surface area contributed by atoms with Crippen molar-refractivity contribution in [2.75, 3.05) is 54.6 Å². The zero-order valence-corrected chi connectivity index (χ0v) is 23.3. The fraction of sp³-hybridized carbons (Fsp3) is 0.414. The number of aromatic hydroxyl groups is 2. The van der Waals surface area contributed by atoms with E-state index < -0.39 is 35.1 Å². The van der Waals surface area contributed by atoms with Crippen LogP contribution in [0.4, 0.5) is 0 Å². The van der Waals surface area contributed by atoms with Gasteiger partial charge in [-0.05, 0) is 18.9 Å². The Morgan fingerprint density at radius 1 is 1.00 bits per heavy atom. The Balaban J connectivity index is 1.56. The Labute approximate surface area is 236 Å². The maximum absolute atomic E-state index is 13.5. The molecular formula is C29H32N2O10. The van der Waals surface area contributed by atoms with Gasteiger partial charge >= 0.3 is 0 Å². The number of hydrogen-bond donors (Lipinski definition) is 2. The summed E-state index contributed by atoms with van der Waals surface area (Å²) in [5, 5.41) is 22.6. The van der Waals surface area contributed by atoms with Gasteiger partial charge in [-0.3, -0.25) is 24.0 Å². The zero-order chi connectivity index (χ0) is 30.0. The highest BCUT2D eigenvalue weighted by atomic mass is 16.5. The Morgan fingerprint density at radius 3 is 2.37 bits per heavy atom. The first-order valence-corrected chi connectivity index (χ1v) is 12.9. The number of nitrogens with zero attached hydrogens (tertiary/aromatic N) is 2. The van der Waals surface area contributed by atoms with Crippen LogP contribution in [0.2, 0.25) is 0 Å². The predicted molar refractivity (Wildman–Crippen MR) is 143 cm³/mol. The summed E-state index contributed by atoms with van der Waals surface area (Å²) < 4.78 is 16.2. The average Bonchev–Trinajstić information content (AvgIpc) is 2.98. The maximum atomic E-state index is 13.5. The second-order valence-corrected chi connectivity index (χ2v) is 10.1. The predicted octanol–water partition coefficient (Wildman–Crippen LogP) is 1.26. The van der Waals surface area contributed by atoms with Gasteiger partial charge in [0.15, 0.2) is 11.6 Å². The fourth-order valence-corrected chi connectivity index (χ4v) is 5.29. The lowest BCUT2D eigenvalue weighted by molar-refractivity contribution is -0.138. The number of carbonyl (C=O) groups excluding carboxylic acids is 5. The number of rotatable bonds is 11. The van der Waals surface area contributed by atoms with E-state index in [1.807, 2.05) is 0 Å². The summed E-state index contributed by atoms with van der Waals surface area (Å²) in [5.41, 5.74) is -0.358. The van der Waals surface area contributed by atoms with Gasteiger partial charge in [-0.15, -0.1) is 0 Å². The SMILES string of the molecule is COc1cccc2c1C(=O)c1c(O)c3c(c(O)c1C2=O)C[C@@H](C(=O)COCC(=O)N(C)CCN(C)C=O)CC3OC. The number of carbonyl (C=O) groups is 5. The quantitative estimate of drug-likeness (QED) is 0.255. The van der Waals surface area contributed by atoms with E-state index in [0.717, 1.165) is 0 Å². The van der Waals surface area contributed by atoms with Crippen LogP contribution in [0.25, 0.3) is 0 Å². The van der Waals surface area contributed by atoms with Gasteiger partial charge in [-0.25, -0.2) is 0 Å². The van der Waals surface area contributed by atoms with Crippen molar-refractivity contribution < 1.29 is 48.4 Å². The molecule has 4 rings (SSSR count).